The van der Waals surface area contributed by atoms with Crippen molar-refractivity contribution in [2.75, 3.05) is 46.2 Å². The van der Waals surface area contributed by atoms with Crippen molar-refractivity contribution in [3.63, 3.8) is 0 Å². The summed E-state index contributed by atoms with van der Waals surface area (Å²) < 4.78 is 25.4. The summed E-state index contributed by atoms with van der Waals surface area (Å²) >= 11 is 0. The summed E-state index contributed by atoms with van der Waals surface area (Å²) in [6.45, 7) is -5.25. The lowest BCUT2D eigenvalue weighted by Gasteiger charge is -2.45. The molecule has 0 amide bonds. The average Bonchev–Trinajstić information content (AvgIpc) is 3.23. The Morgan fingerprint density at radius 1 is 0.379 bits per heavy atom. The Kier molecular flexibility index (Phi) is 25.0. The minimum atomic E-state index is -1.85. The van der Waals surface area contributed by atoms with Crippen LogP contribution in [0.2, 0.25) is 0 Å². The monoisotopic (exact) mass is 868 g/mol. The second-order valence-corrected chi connectivity index (χ2v) is 13.3. The van der Waals surface area contributed by atoms with Gasteiger partial charge in [0.05, 0.1) is 46.2 Å². The number of rotatable bonds is 17. The first-order valence-corrected chi connectivity index (χ1v) is 17.6. The normalized spacial score (nSPS) is 39.7. The van der Waals surface area contributed by atoms with E-state index < -0.39 is 187 Å². The molecule has 0 saturated carbocycles. The Bertz CT molecular complexity index is 1020. The third kappa shape index (κ3) is 14.5. The van der Waals surface area contributed by atoms with Gasteiger partial charge in [0.2, 0.25) is 0 Å². The number of aliphatic hydroxyl groups is 23. The van der Waals surface area contributed by atoms with Gasteiger partial charge >= 0.3 is 0 Å². The lowest BCUT2D eigenvalue weighted by molar-refractivity contribution is -0.355. The first-order valence-electron chi connectivity index (χ1n) is 17.6. The van der Waals surface area contributed by atoms with Gasteiger partial charge in [-0.1, -0.05) is 0 Å². The topological polar surface area (TPSA) is 511 Å². The third-order valence-corrected chi connectivity index (χ3v) is 9.12. The maximum Gasteiger partial charge on any atom is 0.187 e. The summed E-state index contributed by atoms with van der Waals surface area (Å²) in [5.41, 5.74) is 0. The van der Waals surface area contributed by atoms with Crippen LogP contribution in [0.5, 0.6) is 0 Å². The summed E-state index contributed by atoms with van der Waals surface area (Å²) in [5, 5.41) is 214. The van der Waals surface area contributed by atoms with E-state index in [0.29, 0.717) is 0 Å². The van der Waals surface area contributed by atoms with Crippen molar-refractivity contribution < 1.29 is 141 Å². The molecule has 0 aliphatic carbocycles. The maximum atomic E-state index is 9.94. The molecule has 348 valence electrons. The lowest BCUT2D eigenvalue weighted by atomic mass is 9.97. The molecule has 3 saturated heterocycles. The van der Waals surface area contributed by atoms with Crippen LogP contribution in [0.4, 0.5) is 0 Å². The molecule has 0 unspecified atom stereocenters. The van der Waals surface area contributed by atoms with Crippen LogP contribution >= 0.6 is 0 Å². The summed E-state index contributed by atoms with van der Waals surface area (Å²) in [7, 11) is 0. The van der Waals surface area contributed by atoms with Crippen molar-refractivity contribution in [3.8, 4) is 0 Å². The van der Waals surface area contributed by atoms with E-state index in [4.69, 9.17) is 74.7 Å². The highest BCUT2D eigenvalue weighted by atomic mass is 16.7. The first-order chi connectivity index (χ1) is 27.1. The summed E-state index contributed by atoms with van der Waals surface area (Å²) in [6.07, 6.45) is -37.0. The highest BCUT2D eigenvalue weighted by Crippen LogP contribution is 2.29. The first kappa shape index (κ1) is 54.9. The summed E-state index contributed by atoms with van der Waals surface area (Å²) in [6, 6.07) is 0. The molecule has 23 N–H and O–H groups in total. The van der Waals surface area contributed by atoms with E-state index in [-0.39, 0.29) is 0 Å². The zero-order valence-corrected chi connectivity index (χ0v) is 30.6. The number of hydrogen-bond acceptors (Lipinski definition) is 28. The quantitative estimate of drug-likeness (QED) is 0.0645. The van der Waals surface area contributed by atoms with Gasteiger partial charge in [0.25, 0.3) is 0 Å². The van der Waals surface area contributed by atoms with Gasteiger partial charge in [0.15, 0.2) is 18.9 Å². The van der Waals surface area contributed by atoms with Crippen LogP contribution in [-0.2, 0) is 23.7 Å². The lowest BCUT2D eigenvalue weighted by Crippen LogP contribution is -2.64. The molecule has 0 radical (unpaired) electrons. The van der Waals surface area contributed by atoms with Crippen LogP contribution in [0.25, 0.3) is 0 Å². The molecule has 3 aliphatic rings. The smallest absolute Gasteiger partial charge is 0.187 e. The minimum absolute atomic E-state index is 0.667. The third-order valence-electron chi connectivity index (χ3n) is 9.12. The average molecular weight is 869 g/mol. The van der Waals surface area contributed by atoms with Crippen molar-refractivity contribution >= 4 is 0 Å². The molecule has 23 atom stereocenters. The van der Waals surface area contributed by atoms with Gasteiger partial charge in [-0.3, -0.25) is 0 Å². The van der Waals surface area contributed by atoms with Crippen molar-refractivity contribution in [2.24, 2.45) is 0 Å². The molecule has 0 aromatic carbocycles. The molecule has 28 heteroatoms. The van der Waals surface area contributed by atoms with E-state index in [2.05, 4.69) is 0 Å². The summed E-state index contributed by atoms with van der Waals surface area (Å²) in [5.74, 6) is 0. The highest BCUT2D eigenvalue weighted by molar-refractivity contribution is 4.94. The molecule has 58 heavy (non-hydrogen) atoms. The van der Waals surface area contributed by atoms with Crippen LogP contribution in [0, 0.1) is 0 Å². The Balaban J connectivity index is 0.000000459. The number of hydrogen-bond donors (Lipinski definition) is 23. The largest absolute Gasteiger partial charge is 0.394 e. The fourth-order valence-electron chi connectivity index (χ4n) is 5.41. The van der Waals surface area contributed by atoms with E-state index in [1.807, 2.05) is 0 Å². The van der Waals surface area contributed by atoms with Gasteiger partial charge in [-0.2, -0.15) is 0 Å². The second-order valence-electron chi connectivity index (χ2n) is 13.3. The molecular formula is C30H60O28. The maximum absolute atomic E-state index is 9.94. The predicted octanol–water partition coefficient (Wildman–Crippen LogP) is -14.7. The molecule has 3 rings (SSSR count). The Hall–Kier alpha value is -1.12. The summed E-state index contributed by atoms with van der Waals surface area (Å²) in [4.78, 5) is 0. The molecule has 3 fully saturated rings. The minimum Gasteiger partial charge on any atom is -0.394 e. The SMILES string of the molecule is OC[C@@H](O)[C@@H](O)[C@H](O)[C@H](O)CO.OC[C@@H](O)[C@@H](O[C@@H]1O[C@H](CO)[C@H](O)[C@H](O)[C@H]1O)[C@H](O)[C@@H](O)CO.OC[C@H]1O[C@@H](O[C@H]2[C@H](O)[C@@H](O)[C@H](O)O[C@@H]2CO)[C@H](O)[C@@H](O)[C@H]1O. The van der Waals surface area contributed by atoms with Gasteiger partial charge in [0.1, 0.15) is 122 Å². The second kappa shape index (κ2) is 26.4. The van der Waals surface area contributed by atoms with Gasteiger partial charge in [-0.15, -0.1) is 0 Å². The van der Waals surface area contributed by atoms with E-state index in [1.165, 1.54) is 0 Å². The Labute approximate surface area is 328 Å². The zero-order valence-electron chi connectivity index (χ0n) is 30.6. The highest BCUT2D eigenvalue weighted by Gasteiger charge is 2.50. The van der Waals surface area contributed by atoms with Crippen molar-refractivity contribution in [2.45, 2.75) is 141 Å². The fraction of sp³-hybridized carbons (Fsp3) is 1.00. The zero-order chi connectivity index (χ0) is 44.8. The van der Waals surface area contributed by atoms with Crippen molar-refractivity contribution in [3.05, 3.63) is 0 Å². The number of aliphatic hydroxyl groups excluding tert-OH is 23. The van der Waals surface area contributed by atoms with Crippen LogP contribution in [0.15, 0.2) is 0 Å². The van der Waals surface area contributed by atoms with Crippen molar-refractivity contribution in [1.29, 1.82) is 0 Å². The van der Waals surface area contributed by atoms with Crippen LogP contribution < -0.4 is 0 Å². The van der Waals surface area contributed by atoms with Gasteiger partial charge in [0, 0.05) is 0 Å². The standard InChI is InChI=1S/C12H22O11.C12H24O11.C6H14O6/c13-1-3-5(15)6(16)9(19)12(22-3)23-10-4(2-14)21-11(20)8(18)7(10)17;13-1-4(16)7(18)11(5(17)2-14)23-12-10(21)9(20)8(19)6(3-15)22-12;7-1-3(9)5(11)6(12)4(10)2-8/h3-20H,1-2H2;4-21H,1-3H2;3-12H,1-2H2/t3-,4-,5+,6+,7-,8-,9-,10-,11-,12+;4-,5+,6+,7+,8-,9-,10+,11+,12-;3-,4-,5-,6-/m101/s1. The van der Waals surface area contributed by atoms with Gasteiger partial charge < -0.3 is 141 Å². The molecule has 0 aromatic rings. The van der Waals surface area contributed by atoms with Crippen molar-refractivity contribution in [1.82, 2.24) is 0 Å². The molecule has 0 aromatic heterocycles. The predicted molar refractivity (Wildman–Crippen MR) is 178 cm³/mol. The Morgan fingerprint density at radius 2 is 0.759 bits per heavy atom. The van der Waals surface area contributed by atoms with E-state index in [9.17, 15) is 66.4 Å². The number of ether oxygens (including phenoxy) is 5. The van der Waals surface area contributed by atoms with Gasteiger partial charge in [-0.05, 0) is 0 Å². The van der Waals surface area contributed by atoms with Gasteiger partial charge in [-0.25, -0.2) is 0 Å². The fourth-order valence-corrected chi connectivity index (χ4v) is 5.41. The molecule has 3 aliphatic heterocycles. The molecule has 0 bridgehead atoms. The van der Waals surface area contributed by atoms with Crippen LogP contribution in [0.3, 0.4) is 0 Å². The molecular weight excluding hydrogens is 808 g/mol. The molecule has 28 nitrogen and oxygen atoms in total. The Morgan fingerprint density at radius 3 is 1.16 bits per heavy atom. The van der Waals surface area contributed by atoms with E-state index in [0.717, 1.165) is 0 Å². The van der Waals surface area contributed by atoms with E-state index >= 15 is 0 Å². The van der Waals surface area contributed by atoms with E-state index in [1.54, 1.807) is 0 Å². The van der Waals surface area contributed by atoms with Crippen LogP contribution in [0.1, 0.15) is 0 Å². The van der Waals surface area contributed by atoms with Crippen LogP contribution in [-0.4, -0.2) is 305 Å². The molecule has 3 heterocycles. The molecule has 0 spiro atoms.